The molecule has 2 heterocycles. The zero-order valence-electron chi connectivity index (χ0n) is 12.1. The molecule has 0 bridgehead atoms. The first-order valence-corrected chi connectivity index (χ1v) is 7.58. The lowest BCUT2D eigenvalue weighted by atomic mass is 10.1. The highest BCUT2D eigenvalue weighted by atomic mass is 35.5. The van der Waals surface area contributed by atoms with Crippen LogP contribution in [0.4, 0.5) is 0 Å². The van der Waals surface area contributed by atoms with Gasteiger partial charge in [-0.25, -0.2) is 0 Å². The van der Waals surface area contributed by atoms with Crippen molar-refractivity contribution in [2.45, 2.75) is 6.54 Å². The number of nitrogens with zero attached hydrogens (tertiary/aromatic N) is 3. The fraction of sp³-hybridized carbons (Fsp3) is 0.533. The summed E-state index contributed by atoms with van der Waals surface area (Å²) >= 11 is 6.34. The molecule has 0 radical (unpaired) electrons. The third-order valence-corrected chi connectivity index (χ3v) is 4.27. The predicted octanol–water partition coefficient (Wildman–Crippen LogP) is 1.67. The van der Waals surface area contributed by atoms with E-state index in [2.05, 4.69) is 10.00 Å². The molecule has 0 saturated carbocycles. The highest BCUT2D eigenvalue weighted by molar-refractivity contribution is 6.35. The Morgan fingerprint density at radius 2 is 2.33 bits per heavy atom. The number of rotatable bonds is 3. The van der Waals surface area contributed by atoms with Gasteiger partial charge in [0.2, 0.25) is 0 Å². The molecule has 1 fully saturated rings. The molecule has 0 aliphatic carbocycles. The minimum atomic E-state index is 0.153. The largest absolute Gasteiger partial charge is 0.396 e. The van der Waals surface area contributed by atoms with Gasteiger partial charge in [0.15, 0.2) is 0 Å². The number of aliphatic hydroxyl groups is 1. The fourth-order valence-corrected chi connectivity index (χ4v) is 3.16. The Labute approximate surface area is 129 Å². The maximum atomic E-state index is 9.37. The summed E-state index contributed by atoms with van der Waals surface area (Å²) in [5, 5.41) is 15.7. The molecule has 1 aliphatic heterocycles. The van der Waals surface area contributed by atoms with Gasteiger partial charge in [0.25, 0.3) is 0 Å². The smallest absolute Gasteiger partial charge is 0.0858 e. The van der Waals surface area contributed by atoms with Gasteiger partial charge in [-0.15, -0.1) is 0 Å². The summed E-state index contributed by atoms with van der Waals surface area (Å²) in [5.41, 5.74) is 2.03. The predicted molar refractivity (Wildman–Crippen MR) is 82.4 cm³/mol. The van der Waals surface area contributed by atoms with Crippen LogP contribution in [-0.2, 0) is 18.3 Å². The monoisotopic (exact) mass is 309 g/mol. The van der Waals surface area contributed by atoms with Gasteiger partial charge in [-0.3, -0.25) is 9.58 Å². The topological polar surface area (TPSA) is 50.5 Å². The van der Waals surface area contributed by atoms with E-state index in [1.54, 1.807) is 0 Å². The molecule has 1 aromatic heterocycles. The second-order valence-corrected chi connectivity index (χ2v) is 5.97. The molecule has 1 N–H and O–H groups in total. The van der Waals surface area contributed by atoms with Gasteiger partial charge in [-0.1, -0.05) is 17.7 Å². The number of benzene rings is 1. The average molecular weight is 310 g/mol. The number of aromatic nitrogens is 2. The normalized spacial score (nSPS) is 20.8. The highest BCUT2D eigenvalue weighted by Gasteiger charge is 2.20. The quantitative estimate of drug-likeness (QED) is 0.937. The third-order valence-electron chi connectivity index (χ3n) is 3.95. The van der Waals surface area contributed by atoms with E-state index in [9.17, 15) is 5.11 Å². The Kier molecular flexibility index (Phi) is 4.45. The van der Waals surface area contributed by atoms with Gasteiger partial charge >= 0.3 is 0 Å². The van der Waals surface area contributed by atoms with Gasteiger partial charge in [-0.2, -0.15) is 5.10 Å². The second-order valence-electron chi connectivity index (χ2n) is 5.56. The SMILES string of the molecule is Cn1nc(CN2CCOC[C@@H](CO)C2)c2c(Cl)cccc21. The zero-order chi connectivity index (χ0) is 14.8. The van der Waals surface area contributed by atoms with Crippen LogP contribution in [0.15, 0.2) is 18.2 Å². The van der Waals surface area contributed by atoms with Gasteiger partial charge in [0.05, 0.1) is 29.4 Å². The standard InChI is InChI=1S/C15H20ClN3O2/c1-18-14-4-2-3-12(16)15(14)13(17-18)8-19-5-6-21-10-11(7-19)9-20/h2-4,11,20H,5-10H2,1H3/t11-/m1/s1. The van der Waals surface area contributed by atoms with Crippen LogP contribution in [-0.4, -0.2) is 52.7 Å². The summed E-state index contributed by atoms with van der Waals surface area (Å²) in [5.74, 6) is 0.165. The van der Waals surface area contributed by atoms with Crippen molar-refractivity contribution in [2.75, 3.05) is 32.9 Å². The minimum absolute atomic E-state index is 0.153. The summed E-state index contributed by atoms with van der Waals surface area (Å²) in [6.45, 7) is 3.85. The maximum Gasteiger partial charge on any atom is 0.0858 e. The van der Waals surface area contributed by atoms with Crippen LogP contribution in [0.3, 0.4) is 0 Å². The van der Waals surface area contributed by atoms with E-state index in [-0.39, 0.29) is 12.5 Å². The van der Waals surface area contributed by atoms with Gasteiger partial charge in [0, 0.05) is 44.6 Å². The minimum Gasteiger partial charge on any atom is -0.396 e. The van der Waals surface area contributed by atoms with Crippen molar-refractivity contribution in [2.24, 2.45) is 13.0 Å². The molecule has 21 heavy (non-hydrogen) atoms. The van der Waals surface area contributed by atoms with E-state index in [0.29, 0.717) is 13.2 Å². The van der Waals surface area contributed by atoms with E-state index in [4.69, 9.17) is 16.3 Å². The van der Waals surface area contributed by atoms with E-state index < -0.39 is 0 Å². The van der Waals surface area contributed by atoms with Crippen LogP contribution in [0.25, 0.3) is 10.9 Å². The van der Waals surface area contributed by atoms with Crippen LogP contribution >= 0.6 is 11.6 Å². The molecular weight excluding hydrogens is 290 g/mol. The molecule has 0 spiro atoms. The molecule has 1 aromatic carbocycles. The Balaban J connectivity index is 1.87. The second kappa shape index (κ2) is 6.32. The van der Waals surface area contributed by atoms with Gasteiger partial charge in [0.1, 0.15) is 0 Å². The van der Waals surface area contributed by atoms with Crippen molar-refractivity contribution in [1.29, 1.82) is 0 Å². The number of aliphatic hydroxyl groups excluding tert-OH is 1. The molecule has 1 atom stereocenters. The molecule has 1 aliphatic rings. The number of ether oxygens (including phenoxy) is 1. The summed E-state index contributed by atoms with van der Waals surface area (Å²) in [4.78, 5) is 2.28. The Morgan fingerprint density at radius 1 is 1.48 bits per heavy atom. The van der Waals surface area contributed by atoms with Crippen LogP contribution in [0.2, 0.25) is 5.02 Å². The first-order chi connectivity index (χ1) is 10.2. The Bertz CT molecular complexity index is 629. The number of hydrogen-bond donors (Lipinski definition) is 1. The van der Waals surface area contributed by atoms with Crippen molar-refractivity contribution < 1.29 is 9.84 Å². The first-order valence-electron chi connectivity index (χ1n) is 7.20. The first kappa shape index (κ1) is 14.8. The molecule has 2 aromatic rings. The van der Waals surface area contributed by atoms with E-state index in [1.807, 2.05) is 29.9 Å². The molecular formula is C15H20ClN3O2. The number of halogens is 1. The summed E-state index contributed by atoms with van der Waals surface area (Å²) in [6.07, 6.45) is 0. The van der Waals surface area contributed by atoms with E-state index in [0.717, 1.165) is 41.3 Å². The van der Waals surface area contributed by atoms with Crippen LogP contribution < -0.4 is 0 Å². The summed E-state index contributed by atoms with van der Waals surface area (Å²) in [6, 6.07) is 5.87. The fourth-order valence-electron chi connectivity index (χ4n) is 2.88. The van der Waals surface area contributed by atoms with Crippen molar-refractivity contribution in [3.63, 3.8) is 0 Å². The van der Waals surface area contributed by atoms with Crippen LogP contribution in [0.1, 0.15) is 5.69 Å². The zero-order valence-corrected chi connectivity index (χ0v) is 12.9. The number of aryl methyl sites for hydroxylation is 1. The Hall–Kier alpha value is -1.14. The van der Waals surface area contributed by atoms with Crippen molar-refractivity contribution in [1.82, 2.24) is 14.7 Å². The van der Waals surface area contributed by atoms with Crippen molar-refractivity contribution in [3.8, 4) is 0 Å². The van der Waals surface area contributed by atoms with Crippen LogP contribution in [0, 0.1) is 5.92 Å². The highest BCUT2D eigenvalue weighted by Crippen LogP contribution is 2.27. The summed E-state index contributed by atoms with van der Waals surface area (Å²) < 4.78 is 7.40. The van der Waals surface area contributed by atoms with Crippen molar-refractivity contribution >= 4 is 22.5 Å². The maximum absolute atomic E-state index is 9.37. The number of hydrogen-bond acceptors (Lipinski definition) is 4. The number of fused-ring (bicyclic) bond motifs is 1. The molecule has 0 amide bonds. The van der Waals surface area contributed by atoms with Gasteiger partial charge in [-0.05, 0) is 12.1 Å². The molecule has 3 rings (SSSR count). The molecule has 1 saturated heterocycles. The van der Waals surface area contributed by atoms with Gasteiger partial charge < -0.3 is 9.84 Å². The lowest BCUT2D eigenvalue weighted by Crippen LogP contribution is -2.31. The summed E-state index contributed by atoms with van der Waals surface area (Å²) in [7, 11) is 1.93. The molecule has 5 nitrogen and oxygen atoms in total. The van der Waals surface area contributed by atoms with E-state index in [1.165, 1.54) is 0 Å². The Morgan fingerprint density at radius 3 is 3.14 bits per heavy atom. The average Bonchev–Trinajstić information content (AvgIpc) is 2.66. The lowest BCUT2D eigenvalue weighted by molar-refractivity contribution is 0.0958. The third kappa shape index (κ3) is 3.06. The lowest BCUT2D eigenvalue weighted by Gasteiger charge is -2.21. The molecule has 114 valence electrons. The van der Waals surface area contributed by atoms with E-state index >= 15 is 0 Å². The molecule has 0 unspecified atom stereocenters. The van der Waals surface area contributed by atoms with Crippen LogP contribution in [0.5, 0.6) is 0 Å². The molecule has 6 heteroatoms. The van der Waals surface area contributed by atoms with Crippen molar-refractivity contribution in [3.05, 3.63) is 28.9 Å².